The molecule has 29 heavy (non-hydrogen) atoms. The van der Waals surface area contributed by atoms with Crippen molar-refractivity contribution in [1.82, 2.24) is 0 Å². The molecule has 0 unspecified atom stereocenters. The first kappa shape index (κ1) is 18.3. The summed E-state index contributed by atoms with van der Waals surface area (Å²) >= 11 is 12.6. The molecule has 3 atom stereocenters. The maximum Gasteiger partial charge on any atom is 0.200 e. The third-order valence-corrected chi connectivity index (χ3v) is 6.17. The van der Waals surface area contributed by atoms with Crippen molar-refractivity contribution in [1.29, 1.82) is 0 Å². The number of hydrogen-bond donors (Lipinski definition) is 0. The minimum absolute atomic E-state index is 0.106. The van der Waals surface area contributed by atoms with Crippen LogP contribution < -0.4 is 4.74 Å². The Morgan fingerprint density at radius 3 is 2.52 bits per heavy atom. The molecule has 0 amide bonds. The van der Waals surface area contributed by atoms with Crippen LogP contribution in [0.15, 0.2) is 83.0 Å². The number of halogens is 2. The molecule has 5 rings (SSSR count). The van der Waals surface area contributed by atoms with Gasteiger partial charge in [-0.2, -0.15) is 10.2 Å². The Morgan fingerprint density at radius 1 is 0.966 bits per heavy atom. The van der Waals surface area contributed by atoms with E-state index in [1.54, 1.807) is 18.2 Å². The first-order valence-electron chi connectivity index (χ1n) is 9.30. The summed E-state index contributed by atoms with van der Waals surface area (Å²) in [5.74, 6) is 0.0869. The fourth-order valence-corrected chi connectivity index (χ4v) is 4.81. The second-order valence-electron chi connectivity index (χ2n) is 7.20. The lowest BCUT2D eigenvalue weighted by molar-refractivity contribution is 0.0522. The summed E-state index contributed by atoms with van der Waals surface area (Å²) in [6.45, 7) is 0.349. The molecule has 1 spiro atoms. The van der Waals surface area contributed by atoms with E-state index in [0.29, 0.717) is 27.9 Å². The standard InChI is InChI=1S/C23H16Cl2N2O2/c24-15-10-11-16(19(25)12-15)18-13-26-27-23(18)21(28)17-8-4-5-9-20(17)29-22(23)14-6-2-1-3-7-14/h1-12,18,22H,13H2/t18-,22+,23-/m1/s1. The van der Waals surface area contributed by atoms with Crippen LogP contribution in [0.5, 0.6) is 5.75 Å². The van der Waals surface area contributed by atoms with Crippen LogP contribution in [0.25, 0.3) is 0 Å². The predicted octanol–water partition coefficient (Wildman–Crippen LogP) is 6.30. The maximum atomic E-state index is 13.9. The van der Waals surface area contributed by atoms with Crippen LogP contribution >= 0.6 is 23.2 Å². The van der Waals surface area contributed by atoms with Crippen molar-refractivity contribution in [3.63, 3.8) is 0 Å². The molecule has 0 N–H and O–H groups in total. The summed E-state index contributed by atoms with van der Waals surface area (Å²) in [5.41, 5.74) is 0.938. The number of hydrogen-bond acceptors (Lipinski definition) is 4. The van der Waals surface area contributed by atoms with Gasteiger partial charge in [0.1, 0.15) is 5.75 Å². The molecule has 0 fully saturated rings. The predicted molar refractivity (Wildman–Crippen MR) is 112 cm³/mol. The average molecular weight is 423 g/mol. The Kier molecular flexibility index (Phi) is 4.41. The van der Waals surface area contributed by atoms with Crippen LogP contribution in [0.2, 0.25) is 10.0 Å². The van der Waals surface area contributed by atoms with Crippen molar-refractivity contribution in [2.24, 2.45) is 10.2 Å². The summed E-state index contributed by atoms with van der Waals surface area (Å²) in [5, 5.41) is 9.89. The summed E-state index contributed by atoms with van der Waals surface area (Å²) in [4.78, 5) is 13.9. The lowest BCUT2D eigenvalue weighted by atomic mass is 9.69. The van der Waals surface area contributed by atoms with E-state index in [1.807, 2.05) is 54.6 Å². The molecule has 6 heteroatoms. The topological polar surface area (TPSA) is 51.0 Å². The number of ketones is 1. The molecular weight excluding hydrogens is 407 g/mol. The molecule has 0 aliphatic carbocycles. The van der Waals surface area contributed by atoms with Crippen LogP contribution in [0, 0.1) is 0 Å². The van der Waals surface area contributed by atoms with E-state index in [9.17, 15) is 4.79 Å². The largest absolute Gasteiger partial charge is 0.482 e. The highest BCUT2D eigenvalue weighted by molar-refractivity contribution is 6.35. The van der Waals surface area contributed by atoms with E-state index < -0.39 is 11.6 Å². The number of para-hydroxylation sites is 1. The Labute approximate surface area is 178 Å². The quantitative estimate of drug-likeness (QED) is 0.486. The normalized spacial score (nSPS) is 25.1. The number of fused-ring (bicyclic) bond motifs is 1. The van der Waals surface area contributed by atoms with E-state index in [-0.39, 0.29) is 11.7 Å². The molecule has 0 saturated heterocycles. The van der Waals surface area contributed by atoms with Crippen molar-refractivity contribution in [2.45, 2.75) is 17.6 Å². The second-order valence-corrected chi connectivity index (χ2v) is 8.05. The van der Waals surface area contributed by atoms with Gasteiger partial charge < -0.3 is 4.74 Å². The van der Waals surface area contributed by atoms with Gasteiger partial charge in [0, 0.05) is 16.0 Å². The number of nitrogens with zero attached hydrogens (tertiary/aromatic N) is 2. The van der Waals surface area contributed by atoms with Crippen LogP contribution in [-0.2, 0) is 0 Å². The van der Waals surface area contributed by atoms with E-state index in [4.69, 9.17) is 27.9 Å². The molecule has 3 aromatic rings. The number of carbonyl (C=O) groups is 1. The Balaban J connectivity index is 1.74. The van der Waals surface area contributed by atoms with Crippen LogP contribution in [0.3, 0.4) is 0 Å². The van der Waals surface area contributed by atoms with E-state index in [2.05, 4.69) is 10.2 Å². The number of benzene rings is 3. The minimum Gasteiger partial charge on any atom is -0.482 e. The first-order chi connectivity index (χ1) is 14.1. The molecule has 4 nitrogen and oxygen atoms in total. The van der Waals surface area contributed by atoms with Gasteiger partial charge in [0.25, 0.3) is 0 Å². The smallest absolute Gasteiger partial charge is 0.200 e. The highest BCUT2D eigenvalue weighted by Crippen LogP contribution is 2.53. The van der Waals surface area contributed by atoms with Gasteiger partial charge in [-0.15, -0.1) is 0 Å². The van der Waals surface area contributed by atoms with Crippen molar-refractivity contribution in [2.75, 3.05) is 6.54 Å². The molecule has 2 aliphatic rings. The molecule has 0 radical (unpaired) electrons. The highest BCUT2D eigenvalue weighted by atomic mass is 35.5. The lowest BCUT2D eigenvalue weighted by Gasteiger charge is -2.41. The molecule has 0 bridgehead atoms. The fraction of sp³-hybridized carbons (Fsp3) is 0.174. The number of ether oxygens (including phenoxy) is 1. The Hall–Kier alpha value is -2.69. The maximum absolute atomic E-state index is 13.9. The molecule has 2 aliphatic heterocycles. The van der Waals surface area contributed by atoms with Crippen LogP contribution in [-0.4, -0.2) is 17.9 Å². The zero-order chi connectivity index (χ0) is 20.0. The number of azo groups is 1. The van der Waals surface area contributed by atoms with Gasteiger partial charge in [-0.1, -0.05) is 71.7 Å². The van der Waals surface area contributed by atoms with Gasteiger partial charge >= 0.3 is 0 Å². The summed E-state index contributed by atoms with van der Waals surface area (Å²) in [6, 6.07) is 22.2. The summed E-state index contributed by atoms with van der Waals surface area (Å²) in [6.07, 6.45) is -0.617. The molecule has 3 aromatic carbocycles. The minimum atomic E-state index is -1.23. The van der Waals surface area contributed by atoms with E-state index in [0.717, 1.165) is 11.1 Å². The average Bonchev–Trinajstić information content (AvgIpc) is 3.17. The van der Waals surface area contributed by atoms with E-state index in [1.165, 1.54) is 0 Å². The second kappa shape index (κ2) is 6.97. The number of Topliss-reactive ketones (excluding diaryl/α,β-unsaturated/α-hetero) is 1. The molecule has 0 saturated carbocycles. The van der Waals surface area contributed by atoms with Crippen LogP contribution in [0.1, 0.15) is 33.5 Å². The number of carbonyl (C=O) groups excluding carboxylic acids is 1. The van der Waals surface area contributed by atoms with Gasteiger partial charge in [0.05, 0.1) is 12.1 Å². The van der Waals surface area contributed by atoms with Crippen LogP contribution in [0.4, 0.5) is 0 Å². The van der Waals surface area contributed by atoms with Crippen molar-refractivity contribution >= 4 is 29.0 Å². The summed E-state index contributed by atoms with van der Waals surface area (Å²) < 4.78 is 6.40. The molecule has 0 aromatic heterocycles. The van der Waals surface area contributed by atoms with Gasteiger partial charge in [-0.3, -0.25) is 4.79 Å². The Morgan fingerprint density at radius 2 is 1.72 bits per heavy atom. The van der Waals surface area contributed by atoms with Gasteiger partial charge in [0.15, 0.2) is 11.6 Å². The molecule has 2 heterocycles. The van der Waals surface area contributed by atoms with E-state index >= 15 is 0 Å². The van der Waals surface area contributed by atoms with Crippen molar-refractivity contribution < 1.29 is 9.53 Å². The van der Waals surface area contributed by atoms with Crippen molar-refractivity contribution in [3.05, 3.63) is 99.5 Å². The third-order valence-electron chi connectivity index (χ3n) is 5.61. The monoisotopic (exact) mass is 422 g/mol. The third kappa shape index (κ3) is 2.78. The zero-order valence-corrected chi connectivity index (χ0v) is 16.8. The Bertz CT molecular complexity index is 1130. The van der Waals surface area contributed by atoms with Gasteiger partial charge in [0.2, 0.25) is 5.78 Å². The summed E-state index contributed by atoms with van der Waals surface area (Å²) in [7, 11) is 0. The van der Waals surface area contributed by atoms with Crippen molar-refractivity contribution in [3.8, 4) is 5.75 Å². The zero-order valence-electron chi connectivity index (χ0n) is 15.3. The first-order valence-corrected chi connectivity index (χ1v) is 10.1. The van der Waals surface area contributed by atoms with Gasteiger partial charge in [-0.05, 0) is 35.4 Å². The lowest BCUT2D eigenvalue weighted by Crippen LogP contribution is -2.51. The number of rotatable bonds is 2. The SMILES string of the molecule is O=C1c2ccccc2O[C@@H](c2ccccc2)[C@]12N=NC[C@@H]2c1ccc(Cl)cc1Cl. The van der Waals surface area contributed by atoms with Gasteiger partial charge in [-0.25, -0.2) is 0 Å². The fourth-order valence-electron chi connectivity index (χ4n) is 4.27. The molecule has 144 valence electrons. The highest BCUT2D eigenvalue weighted by Gasteiger charge is 2.60. The molecular formula is C23H16Cl2N2O2.